The van der Waals surface area contributed by atoms with Crippen LogP contribution in [0.4, 0.5) is 13.2 Å². The van der Waals surface area contributed by atoms with Crippen LogP contribution in [0.5, 0.6) is 0 Å². The highest BCUT2D eigenvalue weighted by Crippen LogP contribution is 2.19. The number of halogens is 4. The Hall–Kier alpha value is -1.30. The summed E-state index contributed by atoms with van der Waals surface area (Å²) in [6.07, 6.45) is -5.35. The molecule has 1 amide bonds. The van der Waals surface area contributed by atoms with E-state index in [1.807, 2.05) is 13.8 Å². The molecule has 0 aliphatic heterocycles. The molecule has 0 aromatic carbocycles. The van der Waals surface area contributed by atoms with Crippen molar-refractivity contribution in [3.05, 3.63) is 28.5 Å². The zero-order valence-electron chi connectivity index (χ0n) is 10.5. The van der Waals surface area contributed by atoms with Crippen LogP contribution in [0.3, 0.4) is 0 Å². The lowest BCUT2D eigenvalue weighted by Gasteiger charge is -2.10. The number of hydrogen-bond donors (Lipinski definition) is 1. The van der Waals surface area contributed by atoms with Gasteiger partial charge in [0.2, 0.25) is 0 Å². The zero-order valence-corrected chi connectivity index (χ0v) is 11.3. The van der Waals surface area contributed by atoms with Crippen molar-refractivity contribution in [1.29, 1.82) is 0 Å². The lowest BCUT2D eigenvalue weighted by atomic mass is 10.1. The van der Waals surface area contributed by atoms with E-state index in [9.17, 15) is 18.0 Å². The van der Waals surface area contributed by atoms with Gasteiger partial charge in [0.1, 0.15) is 5.15 Å². The van der Waals surface area contributed by atoms with Crippen molar-refractivity contribution >= 4 is 17.5 Å². The highest BCUT2D eigenvalue weighted by molar-refractivity contribution is 6.29. The summed E-state index contributed by atoms with van der Waals surface area (Å²) in [7, 11) is 0. The number of pyridine rings is 1. The van der Waals surface area contributed by atoms with Crippen molar-refractivity contribution in [2.75, 3.05) is 6.54 Å². The van der Waals surface area contributed by atoms with Gasteiger partial charge in [-0.05, 0) is 18.1 Å². The minimum Gasteiger partial charge on any atom is -0.352 e. The van der Waals surface area contributed by atoms with Gasteiger partial charge in [0.25, 0.3) is 5.91 Å². The fourth-order valence-corrected chi connectivity index (χ4v) is 1.58. The maximum Gasteiger partial charge on any atom is 0.390 e. The zero-order chi connectivity index (χ0) is 14.6. The SMILES string of the molecule is CC(C)c1cc(C(=O)NCCC(F)(F)F)cc(Cl)n1. The van der Waals surface area contributed by atoms with Crippen molar-refractivity contribution in [1.82, 2.24) is 10.3 Å². The summed E-state index contributed by atoms with van der Waals surface area (Å²) in [5.41, 5.74) is 0.833. The van der Waals surface area contributed by atoms with Gasteiger partial charge >= 0.3 is 6.18 Å². The van der Waals surface area contributed by atoms with E-state index < -0.39 is 25.0 Å². The molecule has 0 atom stereocenters. The van der Waals surface area contributed by atoms with Crippen LogP contribution in [0.15, 0.2) is 12.1 Å². The van der Waals surface area contributed by atoms with E-state index in [-0.39, 0.29) is 16.6 Å². The third-order valence-corrected chi connectivity index (χ3v) is 2.56. The Morgan fingerprint density at radius 1 is 1.42 bits per heavy atom. The van der Waals surface area contributed by atoms with Crippen molar-refractivity contribution in [3.63, 3.8) is 0 Å². The first-order valence-electron chi connectivity index (χ1n) is 5.71. The molecule has 1 aromatic rings. The van der Waals surface area contributed by atoms with Gasteiger partial charge < -0.3 is 5.32 Å². The van der Waals surface area contributed by atoms with Gasteiger partial charge in [-0.25, -0.2) is 4.98 Å². The largest absolute Gasteiger partial charge is 0.390 e. The number of carbonyl (C=O) groups excluding carboxylic acids is 1. The number of rotatable bonds is 4. The van der Waals surface area contributed by atoms with Crippen molar-refractivity contribution < 1.29 is 18.0 Å². The molecule has 0 spiro atoms. The van der Waals surface area contributed by atoms with Gasteiger partial charge in [0.05, 0.1) is 6.42 Å². The number of alkyl halides is 3. The number of hydrogen-bond acceptors (Lipinski definition) is 2. The monoisotopic (exact) mass is 294 g/mol. The summed E-state index contributed by atoms with van der Waals surface area (Å²) in [4.78, 5) is 15.7. The maximum absolute atomic E-state index is 12.0. The van der Waals surface area contributed by atoms with Gasteiger partial charge in [-0.3, -0.25) is 4.79 Å². The first-order valence-corrected chi connectivity index (χ1v) is 6.09. The van der Waals surface area contributed by atoms with Crippen LogP contribution in [0.1, 0.15) is 42.2 Å². The van der Waals surface area contributed by atoms with Gasteiger partial charge in [-0.15, -0.1) is 0 Å². The molecular weight excluding hydrogens is 281 g/mol. The van der Waals surface area contributed by atoms with Gasteiger partial charge in [0.15, 0.2) is 0 Å². The summed E-state index contributed by atoms with van der Waals surface area (Å²) < 4.78 is 35.9. The molecule has 3 nitrogen and oxygen atoms in total. The Morgan fingerprint density at radius 3 is 2.58 bits per heavy atom. The first kappa shape index (κ1) is 15.8. The Kier molecular flexibility index (Phi) is 5.17. The van der Waals surface area contributed by atoms with Crippen LogP contribution >= 0.6 is 11.6 Å². The van der Waals surface area contributed by atoms with E-state index in [4.69, 9.17) is 11.6 Å². The molecule has 0 aliphatic rings. The smallest absolute Gasteiger partial charge is 0.352 e. The summed E-state index contributed by atoms with van der Waals surface area (Å²) in [5, 5.41) is 2.35. The maximum atomic E-state index is 12.0. The van der Waals surface area contributed by atoms with Crippen LogP contribution in [0.2, 0.25) is 5.15 Å². The molecule has 19 heavy (non-hydrogen) atoms. The molecule has 0 fully saturated rings. The third kappa shape index (κ3) is 5.46. The van der Waals surface area contributed by atoms with E-state index in [2.05, 4.69) is 10.3 Å². The fourth-order valence-electron chi connectivity index (χ4n) is 1.36. The molecule has 0 bridgehead atoms. The summed E-state index contributed by atoms with van der Waals surface area (Å²) >= 11 is 5.77. The molecule has 0 unspecified atom stereocenters. The van der Waals surface area contributed by atoms with Gasteiger partial charge in [0, 0.05) is 17.8 Å². The van der Waals surface area contributed by atoms with E-state index in [1.165, 1.54) is 12.1 Å². The molecule has 0 saturated heterocycles. The Bertz CT molecular complexity index is 461. The van der Waals surface area contributed by atoms with Crippen molar-refractivity contribution in [3.8, 4) is 0 Å². The minimum atomic E-state index is -4.29. The van der Waals surface area contributed by atoms with Crippen LogP contribution in [0.25, 0.3) is 0 Å². The lowest BCUT2D eigenvalue weighted by molar-refractivity contribution is -0.132. The van der Waals surface area contributed by atoms with Crippen LogP contribution < -0.4 is 5.32 Å². The number of nitrogens with zero attached hydrogens (tertiary/aromatic N) is 1. The second kappa shape index (κ2) is 6.23. The molecule has 106 valence electrons. The number of nitrogens with one attached hydrogen (secondary N) is 1. The van der Waals surface area contributed by atoms with Gasteiger partial charge in [-0.2, -0.15) is 13.2 Å². The van der Waals surface area contributed by atoms with E-state index in [0.29, 0.717) is 5.69 Å². The third-order valence-electron chi connectivity index (χ3n) is 2.36. The topological polar surface area (TPSA) is 42.0 Å². The Labute approximate surface area is 114 Å². The minimum absolute atomic E-state index is 0.0698. The predicted octanol–water partition coefficient (Wildman–Crippen LogP) is 3.54. The molecule has 1 N–H and O–H groups in total. The number of aromatic nitrogens is 1. The second-order valence-corrected chi connectivity index (χ2v) is 4.77. The lowest BCUT2D eigenvalue weighted by Crippen LogP contribution is -2.28. The van der Waals surface area contributed by atoms with Crippen molar-refractivity contribution in [2.45, 2.75) is 32.4 Å². The van der Waals surface area contributed by atoms with Crippen LogP contribution in [-0.4, -0.2) is 23.6 Å². The molecule has 1 heterocycles. The predicted molar refractivity (Wildman–Crippen MR) is 66.3 cm³/mol. The molecular formula is C12H14ClF3N2O. The summed E-state index contributed by atoms with van der Waals surface area (Å²) in [6, 6.07) is 2.86. The Morgan fingerprint density at radius 2 is 2.05 bits per heavy atom. The summed E-state index contributed by atoms with van der Waals surface area (Å²) in [6.45, 7) is 3.30. The average molecular weight is 295 g/mol. The van der Waals surface area contributed by atoms with E-state index >= 15 is 0 Å². The summed E-state index contributed by atoms with van der Waals surface area (Å²) in [5.74, 6) is -0.518. The molecule has 7 heteroatoms. The number of amides is 1. The quantitative estimate of drug-likeness (QED) is 0.863. The van der Waals surface area contributed by atoms with E-state index in [1.54, 1.807) is 0 Å². The first-order chi connectivity index (χ1) is 8.69. The molecule has 0 saturated carbocycles. The van der Waals surface area contributed by atoms with Crippen LogP contribution in [0, 0.1) is 0 Å². The average Bonchev–Trinajstić information content (AvgIpc) is 2.26. The highest BCUT2D eigenvalue weighted by Gasteiger charge is 2.26. The normalized spacial score (nSPS) is 11.7. The molecule has 0 aliphatic carbocycles. The number of carbonyl (C=O) groups is 1. The standard InChI is InChI=1S/C12H14ClF3N2O/c1-7(2)9-5-8(6-10(13)18-9)11(19)17-4-3-12(14,15)16/h5-7H,3-4H2,1-2H3,(H,17,19). The second-order valence-electron chi connectivity index (χ2n) is 4.38. The van der Waals surface area contributed by atoms with Crippen LogP contribution in [-0.2, 0) is 0 Å². The highest BCUT2D eigenvalue weighted by atomic mass is 35.5. The van der Waals surface area contributed by atoms with Crippen molar-refractivity contribution in [2.24, 2.45) is 0 Å². The molecule has 1 aromatic heterocycles. The fraction of sp³-hybridized carbons (Fsp3) is 0.500. The van der Waals surface area contributed by atoms with Gasteiger partial charge in [-0.1, -0.05) is 25.4 Å². The Balaban J connectivity index is 2.72. The molecule has 1 rings (SSSR count). The molecule has 0 radical (unpaired) electrons. The van der Waals surface area contributed by atoms with E-state index in [0.717, 1.165) is 0 Å².